The summed E-state index contributed by atoms with van der Waals surface area (Å²) in [6, 6.07) is 1.64. The first kappa shape index (κ1) is 31.9. The summed E-state index contributed by atoms with van der Waals surface area (Å²) in [5.74, 6) is -3.47. The molecule has 226 valence electrons. The Bertz CT molecular complexity index is 1260. The third-order valence-electron chi connectivity index (χ3n) is 6.03. The van der Waals surface area contributed by atoms with E-state index in [1.165, 1.54) is 30.0 Å². The Morgan fingerprint density at radius 3 is 2.29 bits per heavy atom. The van der Waals surface area contributed by atoms with Crippen LogP contribution in [0.1, 0.15) is 98.6 Å². The number of carbonyl (C=O) groups excluding carboxylic acids is 2. The number of amides is 2. The predicted octanol–water partition coefficient (Wildman–Crippen LogP) is 5.32. The van der Waals surface area contributed by atoms with Crippen molar-refractivity contribution < 1.29 is 36.2 Å². The van der Waals surface area contributed by atoms with Gasteiger partial charge >= 0.3 is 6.18 Å². The fraction of sp³-hybridized carbons (Fsp3) is 0.615. The van der Waals surface area contributed by atoms with Crippen LogP contribution in [0.3, 0.4) is 0 Å². The van der Waals surface area contributed by atoms with E-state index in [0.29, 0.717) is 41.9 Å². The zero-order chi connectivity index (χ0) is 29.9. The topological polar surface area (TPSA) is 127 Å². The Labute approximate surface area is 233 Å². The summed E-state index contributed by atoms with van der Waals surface area (Å²) in [5.41, 5.74) is 2.12. The first-order chi connectivity index (χ1) is 19.5. The van der Waals surface area contributed by atoms with Crippen molar-refractivity contribution in [3.8, 4) is 0 Å². The first-order valence-corrected chi connectivity index (χ1v) is 13.6. The molecule has 2 aliphatic rings. The monoisotopic (exact) mass is 587 g/mol. The highest BCUT2D eigenvalue weighted by Gasteiger charge is 2.30. The number of hydrogen-bond donors (Lipinski definition) is 2. The molecule has 2 saturated carbocycles. The van der Waals surface area contributed by atoms with E-state index in [9.17, 15) is 31.5 Å². The summed E-state index contributed by atoms with van der Waals surface area (Å²) in [6.45, 7) is 1.96. The summed E-state index contributed by atoms with van der Waals surface area (Å²) < 4.78 is 66.9. The van der Waals surface area contributed by atoms with Crippen LogP contribution >= 0.6 is 0 Å². The van der Waals surface area contributed by atoms with Crippen LogP contribution in [0.5, 0.6) is 0 Å². The Balaban J connectivity index is 0.000000347. The quantitative estimate of drug-likeness (QED) is 0.342. The lowest BCUT2D eigenvalue weighted by molar-refractivity contribution is -0.144. The summed E-state index contributed by atoms with van der Waals surface area (Å²) in [7, 11) is 0. The molecular weight excluding hydrogens is 553 g/mol. The van der Waals surface area contributed by atoms with E-state index in [1.54, 1.807) is 12.3 Å². The van der Waals surface area contributed by atoms with Crippen LogP contribution < -0.4 is 10.6 Å². The van der Waals surface area contributed by atoms with Gasteiger partial charge in [-0.25, -0.2) is 22.9 Å². The smallest absolute Gasteiger partial charge is 0.352 e. The van der Waals surface area contributed by atoms with E-state index in [1.807, 2.05) is 6.92 Å². The van der Waals surface area contributed by atoms with Gasteiger partial charge in [0.05, 0.1) is 31.1 Å². The van der Waals surface area contributed by atoms with E-state index >= 15 is 0 Å². The van der Waals surface area contributed by atoms with Crippen molar-refractivity contribution in [1.82, 2.24) is 35.5 Å². The fourth-order valence-corrected chi connectivity index (χ4v) is 3.63. The number of carbonyl (C=O) groups is 2. The van der Waals surface area contributed by atoms with Crippen LogP contribution in [0.2, 0.25) is 0 Å². The zero-order valence-corrected chi connectivity index (χ0v) is 22.8. The highest BCUT2D eigenvalue weighted by atomic mass is 19.4. The van der Waals surface area contributed by atoms with Gasteiger partial charge in [-0.3, -0.25) is 9.59 Å². The minimum absolute atomic E-state index is 0.0259. The van der Waals surface area contributed by atoms with Crippen molar-refractivity contribution in [3.63, 3.8) is 0 Å². The molecule has 0 unspecified atom stereocenters. The Morgan fingerprint density at radius 1 is 1.02 bits per heavy atom. The molecule has 0 aliphatic heterocycles. The van der Waals surface area contributed by atoms with Gasteiger partial charge in [-0.15, -0.1) is 0 Å². The lowest BCUT2D eigenvalue weighted by atomic mass is 9.97. The zero-order valence-electron chi connectivity index (χ0n) is 22.8. The minimum Gasteiger partial charge on any atom is -0.352 e. The number of halogens is 5. The van der Waals surface area contributed by atoms with Gasteiger partial charge in [0.2, 0.25) is 11.8 Å². The number of aromatic nitrogens is 5. The Kier molecular flexibility index (Phi) is 11.5. The molecule has 41 heavy (non-hydrogen) atoms. The lowest BCUT2D eigenvalue weighted by Crippen LogP contribution is -2.24. The number of fused-ring (bicyclic) bond motifs is 1. The number of imidazole rings is 1. The van der Waals surface area contributed by atoms with Gasteiger partial charge in [-0.1, -0.05) is 37.8 Å². The van der Waals surface area contributed by atoms with Gasteiger partial charge in [0.1, 0.15) is 5.69 Å². The average molecular weight is 588 g/mol. The molecule has 0 bridgehead atoms. The molecule has 10 nitrogen and oxygen atoms in total. The summed E-state index contributed by atoms with van der Waals surface area (Å²) >= 11 is 0. The van der Waals surface area contributed by atoms with Gasteiger partial charge in [-0.2, -0.15) is 18.3 Å². The van der Waals surface area contributed by atoms with Gasteiger partial charge < -0.3 is 10.6 Å². The van der Waals surface area contributed by atoms with Crippen molar-refractivity contribution in [2.24, 2.45) is 0 Å². The molecule has 15 heteroatoms. The molecule has 0 saturated heterocycles. The number of nitrogens with zero attached hydrogens (tertiary/aromatic N) is 5. The number of aryl methyl sites for hydroxylation is 1. The third kappa shape index (κ3) is 11.8. The maximum atomic E-state index is 12.2. The van der Waals surface area contributed by atoms with Crippen molar-refractivity contribution >= 4 is 17.5 Å². The highest BCUT2D eigenvalue weighted by Crippen LogP contribution is 2.32. The SMILES string of the molecule is C1CC1.CCc1nonc1C(=O)NCc1cn2ncc(CNC(=O)CCC(F)(F)F)cc2n1.FC1(F)CCCCC1. The Morgan fingerprint density at radius 2 is 1.71 bits per heavy atom. The second-order valence-electron chi connectivity index (χ2n) is 9.86. The van der Waals surface area contributed by atoms with Crippen LogP contribution in [0.15, 0.2) is 23.1 Å². The molecular formula is C26H34F5N7O3. The normalized spacial score (nSPS) is 15.7. The van der Waals surface area contributed by atoms with E-state index in [2.05, 4.69) is 35.7 Å². The molecule has 0 radical (unpaired) electrons. The maximum absolute atomic E-state index is 12.2. The van der Waals surface area contributed by atoms with E-state index in [4.69, 9.17) is 0 Å². The molecule has 5 rings (SSSR count). The molecule has 3 aromatic rings. The van der Waals surface area contributed by atoms with E-state index < -0.39 is 36.8 Å². The van der Waals surface area contributed by atoms with Crippen LogP contribution in [0.4, 0.5) is 22.0 Å². The van der Waals surface area contributed by atoms with Crippen molar-refractivity contribution in [2.75, 3.05) is 0 Å². The third-order valence-corrected chi connectivity index (χ3v) is 6.03. The van der Waals surface area contributed by atoms with Crippen molar-refractivity contribution in [3.05, 3.63) is 41.1 Å². The molecule has 2 aliphatic carbocycles. The molecule has 0 aromatic carbocycles. The molecule has 3 heterocycles. The molecule has 0 spiro atoms. The standard InChI is InChI=1S/C17H18F3N7O3.C6H10F2.C3H6/c1-2-12-15(26-30-25-12)16(29)22-8-11-9-27-13(24-11)5-10(7-23-27)6-21-14(28)3-4-17(18,19)20;7-6(8)4-2-1-3-5-6;1-2-3-1/h5,7,9H,2-4,6,8H2,1H3,(H,21,28)(H,22,29);1-5H2;1-3H2. The van der Waals surface area contributed by atoms with Gasteiger partial charge in [-0.05, 0) is 36.0 Å². The summed E-state index contributed by atoms with van der Waals surface area (Å²) in [5, 5.41) is 16.4. The van der Waals surface area contributed by atoms with Gasteiger partial charge in [0.15, 0.2) is 11.3 Å². The number of alkyl halides is 5. The first-order valence-electron chi connectivity index (χ1n) is 13.6. The second-order valence-corrected chi connectivity index (χ2v) is 9.86. The molecule has 0 atom stereocenters. The van der Waals surface area contributed by atoms with Crippen LogP contribution in [-0.2, 0) is 24.3 Å². The maximum Gasteiger partial charge on any atom is 0.389 e. The van der Waals surface area contributed by atoms with E-state index in [-0.39, 0.29) is 31.6 Å². The van der Waals surface area contributed by atoms with Crippen molar-refractivity contribution in [1.29, 1.82) is 0 Å². The largest absolute Gasteiger partial charge is 0.389 e. The van der Waals surface area contributed by atoms with Gasteiger partial charge in [0.25, 0.3) is 5.91 Å². The Hall–Kier alpha value is -3.65. The fourth-order valence-electron chi connectivity index (χ4n) is 3.63. The summed E-state index contributed by atoms with van der Waals surface area (Å²) in [6.07, 6.45) is 4.57. The minimum atomic E-state index is -4.37. The molecule has 3 aromatic heterocycles. The number of hydrogen-bond acceptors (Lipinski definition) is 7. The second kappa shape index (κ2) is 14.8. The average Bonchev–Trinajstić information content (AvgIpc) is 3.63. The molecule has 2 N–H and O–H groups in total. The molecule has 2 amide bonds. The molecule has 2 fully saturated rings. The predicted molar refractivity (Wildman–Crippen MR) is 137 cm³/mol. The van der Waals surface area contributed by atoms with Crippen LogP contribution in [0, 0.1) is 0 Å². The lowest BCUT2D eigenvalue weighted by Gasteiger charge is -2.20. The summed E-state index contributed by atoms with van der Waals surface area (Å²) in [4.78, 5) is 28.0. The number of rotatable bonds is 8. The highest BCUT2D eigenvalue weighted by molar-refractivity contribution is 5.93. The van der Waals surface area contributed by atoms with Gasteiger partial charge in [0, 0.05) is 25.8 Å². The van der Waals surface area contributed by atoms with Crippen molar-refractivity contribution in [2.45, 2.75) is 103 Å². The number of nitrogens with one attached hydrogen (secondary N) is 2. The van der Waals surface area contributed by atoms with Crippen LogP contribution in [-0.4, -0.2) is 48.8 Å². The van der Waals surface area contributed by atoms with Crippen LogP contribution in [0.25, 0.3) is 5.65 Å². The van der Waals surface area contributed by atoms with E-state index in [0.717, 1.165) is 6.42 Å².